The van der Waals surface area contributed by atoms with Crippen LogP contribution in [0.3, 0.4) is 0 Å². The summed E-state index contributed by atoms with van der Waals surface area (Å²) < 4.78 is 20.5. The van der Waals surface area contributed by atoms with Gasteiger partial charge in [-0.3, -0.25) is 15.2 Å². The fraction of sp³-hybridized carbons (Fsp3) is 0.238. The van der Waals surface area contributed by atoms with Crippen LogP contribution in [0.25, 0.3) is 0 Å². The molecule has 0 spiro atoms. The van der Waals surface area contributed by atoms with Gasteiger partial charge in [0.25, 0.3) is 5.91 Å². The number of halogens is 1. The molecule has 0 saturated heterocycles. The smallest absolute Gasteiger partial charge is 0.322 e. The maximum atomic E-state index is 14.9. The molecule has 0 aliphatic heterocycles. The molecule has 9 heteroatoms. The fourth-order valence-corrected chi connectivity index (χ4v) is 2.44. The highest BCUT2D eigenvalue weighted by Gasteiger charge is 2.14. The van der Waals surface area contributed by atoms with Gasteiger partial charge in [-0.15, -0.1) is 0 Å². The number of carbonyl (C=O) groups is 1. The Hall–Kier alpha value is -3.75. The Morgan fingerprint density at radius 2 is 2.13 bits per heavy atom. The number of aryl methyl sites for hydroxylation is 2. The van der Waals surface area contributed by atoms with Gasteiger partial charge in [0.2, 0.25) is 0 Å². The van der Waals surface area contributed by atoms with Gasteiger partial charge in [-0.1, -0.05) is 19.2 Å². The Morgan fingerprint density at radius 1 is 1.37 bits per heavy atom. The third kappa shape index (κ3) is 6.69. The van der Waals surface area contributed by atoms with Crippen LogP contribution in [0.1, 0.15) is 16.8 Å². The SMILES string of the molecule is C=CC(=O)NN(C)/C=N\C(=C)NCCc1c(C)ccc(Oc2nccc(C)n2)c1F. The number of ether oxygens (including phenoxy) is 1. The summed E-state index contributed by atoms with van der Waals surface area (Å²) in [6.07, 6.45) is 4.48. The summed E-state index contributed by atoms with van der Waals surface area (Å²) >= 11 is 0. The minimum Gasteiger partial charge on any atom is -0.421 e. The number of nitrogens with zero attached hydrogens (tertiary/aromatic N) is 4. The zero-order chi connectivity index (χ0) is 22.1. The van der Waals surface area contributed by atoms with E-state index >= 15 is 0 Å². The van der Waals surface area contributed by atoms with E-state index < -0.39 is 5.82 Å². The quantitative estimate of drug-likeness (QED) is 0.270. The molecular weight excluding hydrogens is 387 g/mol. The number of aromatic nitrogens is 2. The lowest BCUT2D eigenvalue weighted by Crippen LogP contribution is -2.37. The maximum absolute atomic E-state index is 14.9. The van der Waals surface area contributed by atoms with Crippen LogP contribution in [0, 0.1) is 19.7 Å². The van der Waals surface area contributed by atoms with Crippen LogP contribution >= 0.6 is 0 Å². The third-order valence-corrected chi connectivity index (χ3v) is 3.98. The molecule has 0 saturated carbocycles. The van der Waals surface area contributed by atoms with Crippen molar-refractivity contribution in [3.8, 4) is 11.8 Å². The van der Waals surface area contributed by atoms with Crippen molar-refractivity contribution in [1.29, 1.82) is 0 Å². The van der Waals surface area contributed by atoms with Crippen molar-refractivity contribution >= 4 is 12.2 Å². The first-order valence-electron chi connectivity index (χ1n) is 9.18. The summed E-state index contributed by atoms with van der Waals surface area (Å²) in [6.45, 7) is 11.2. The second-order valence-electron chi connectivity index (χ2n) is 6.41. The first-order valence-corrected chi connectivity index (χ1v) is 9.18. The van der Waals surface area contributed by atoms with E-state index in [9.17, 15) is 9.18 Å². The highest BCUT2D eigenvalue weighted by atomic mass is 19.1. The van der Waals surface area contributed by atoms with Gasteiger partial charge in [0.05, 0.1) is 0 Å². The number of hydrazine groups is 1. The Balaban J connectivity index is 1.95. The summed E-state index contributed by atoms with van der Waals surface area (Å²) in [7, 11) is 1.61. The van der Waals surface area contributed by atoms with Crippen molar-refractivity contribution in [3.05, 3.63) is 72.1 Å². The number of benzene rings is 1. The Bertz CT molecular complexity index is 961. The minimum absolute atomic E-state index is 0.0673. The topological polar surface area (TPSA) is 91.7 Å². The molecule has 1 aromatic heterocycles. The van der Waals surface area contributed by atoms with Gasteiger partial charge in [0.15, 0.2) is 11.6 Å². The predicted molar refractivity (Wildman–Crippen MR) is 113 cm³/mol. The molecule has 0 radical (unpaired) electrons. The average molecular weight is 412 g/mol. The molecule has 1 aromatic carbocycles. The van der Waals surface area contributed by atoms with Gasteiger partial charge < -0.3 is 10.1 Å². The van der Waals surface area contributed by atoms with Gasteiger partial charge >= 0.3 is 6.01 Å². The molecule has 158 valence electrons. The zero-order valence-corrected chi connectivity index (χ0v) is 17.3. The lowest BCUT2D eigenvalue weighted by molar-refractivity contribution is -0.119. The van der Waals surface area contributed by atoms with Gasteiger partial charge in [-0.2, -0.15) is 0 Å². The lowest BCUT2D eigenvalue weighted by Gasteiger charge is -2.14. The summed E-state index contributed by atoms with van der Waals surface area (Å²) in [5.74, 6) is -0.375. The normalized spacial score (nSPS) is 10.5. The molecule has 8 nitrogen and oxygen atoms in total. The van der Waals surface area contributed by atoms with Crippen molar-refractivity contribution < 1.29 is 13.9 Å². The molecule has 2 N–H and O–H groups in total. The standard InChI is InChI=1S/C21H25FN6O2/c1-6-19(29)27-28(5)13-25-16(4)23-12-10-17-14(2)7-8-18(20(17)22)30-21-24-11-9-15(3)26-21/h6-9,11,13,23H,1,4,10,12H2,2-3,5H3,(H,27,29)/b25-13-. The summed E-state index contributed by atoms with van der Waals surface area (Å²) in [6, 6.07) is 5.17. The second-order valence-corrected chi connectivity index (χ2v) is 6.41. The maximum Gasteiger partial charge on any atom is 0.322 e. The van der Waals surface area contributed by atoms with E-state index in [4.69, 9.17) is 4.74 Å². The molecule has 0 bridgehead atoms. The molecule has 0 unspecified atom stereocenters. The van der Waals surface area contributed by atoms with E-state index in [-0.39, 0.29) is 17.7 Å². The first-order chi connectivity index (χ1) is 14.3. The molecule has 0 aliphatic carbocycles. The number of amides is 1. The Morgan fingerprint density at radius 3 is 2.83 bits per heavy atom. The largest absolute Gasteiger partial charge is 0.421 e. The first kappa shape index (κ1) is 22.5. The minimum atomic E-state index is -0.456. The van der Waals surface area contributed by atoms with Crippen LogP contribution in [0.5, 0.6) is 11.8 Å². The van der Waals surface area contributed by atoms with Crippen LogP contribution in [0.15, 0.2) is 54.4 Å². The van der Waals surface area contributed by atoms with Gasteiger partial charge in [-0.05, 0) is 49.6 Å². The van der Waals surface area contributed by atoms with E-state index in [0.717, 1.165) is 17.3 Å². The van der Waals surface area contributed by atoms with Gasteiger partial charge in [0.1, 0.15) is 12.2 Å². The third-order valence-electron chi connectivity index (χ3n) is 3.98. The Labute approximate surface area is 175 Å². The zero-order valence-electron chi connectivity index (χ0n) is 17.3. The number of hydrogen-bond acceptors (Lipinski definition) is 6. The van der Waals surface area contributed by atoms with Crippen molar-refractivity contribution in [3.63, 3.8) is 0 Å². The highest BCUT2D eigenvalue weighted by molar-refractivity contribution is 5.87. The number of aliphatic imine (C=N–C) groups is 1. The molecule has 0 aliphatic rings. The van der Waals surface area contributed by atoms with Gasteiger partial charge in [0, 0.05) is 25.5 Å². The van der Waals surface area contributed by atoms with Crippen LogP contribution in [-0.4, -0.2) is 40.8 Å². The summed E-state index contributed by atoms with van der Waals surface area (Å²) in [5, 5.41) is 4.37. The number of hydrogen-bond donors (Lipinski definition) is 2. The predicted octanol–water partition coefficient (Wildman–Crippen LogP) is 2.81. The fourth-order valence-electron chi connectivity index (χ4n) is 2.44. The molecule has 1 amide bonds. The molecule has 2 rings (SSSR count). The van der Waals surface area contributed by atoms with Crippen LogP contribution in [-0.2, 0) is 11.2 Å². The van der Waals surface area contributed by atoms with Crippen LogP contribution in [0.4, 0.5) is 4.39 Å². The van der Waals surface area contributed by atoms with E-state index in [1.165, 1.54) is 11.3 Å². The van der Waals surface area contributed by atoms with E-state index in [1.54, 1.807) is 38.4 Å². The van der Waals surface area contributed by atoms with Crippen molar-refractivity contribution in [2.24, 2.45) is 4.99 Å². The number of rotatable bonds is 10. The second kappa shape index (κ2) is 10.7. The summed E-state index contributed by atoms with van der Waals surface area (Å²) in [5.41, 5.74) is 4.54. The highest BCUT2D eigenvalue weighted by Crippen LogP contribution is 2.27. The average Bonchev–Trinajstić information content (AvgIpc) is 2.71. The van der Waals surface area contributed by atoms with E-state index in [0.29, 0.717) is 24.4 Å². The molecule has 0 atom stereocenters. The monoisotopic (exact) mass is 412 g/mol. The molecule has 0 fully saturated rings. The molecule has 30 heavy (non-hydrogen) atoms. The van der Waals surface area contributed by atoms with Crippen LogP contribution < -0.4 is 15.5 Å². The lowest BCUT2D eigenvalue weighted by atomic mass is 10.0. The van der Waals surface area contributed by atoms with E-state index in [1.807, 2.05) is 6.92 Å². The van der Waals surface area contributed by atoms with Crippen molar-refractivity contribution in [2.45, 2.75) is 20.3 Å². The number of nitrogens with one attached hydrogen (secondary N) is 2. The van der Waals surface area contributed by atoms with Crippen molar-refractivity contribution in [1.82, 2.24) is 25.7 Å². The molecule has 1 heterocycles. The molecular formula is C21H25FN6O2. The Kier molecular flexibility index (Phi) is 8.04. The van der Waals surface area contributed by atoms with Crippen molar-refractivity contribution in [2.75, 3.05) is 13.6 Å². The molecule has 2 aromatic rings. The van der Waals surface area contributed by atoms with Crippen LogP contribution in [0.2, 0.25) is 0 Å². The van der Waals surface area contributed by atoms with E-state index in [2.05, 4.69) is 38.9 Å². The van der Waals surface area contributed by atoms with Gasteiger partial charge in [-0.25, -0.2) is 19.4 Å². The number of carbonyl (C=O) groups excluding carboxylic acids is 1. The summed E-state index contributed by atoms with van der Waals surface area (Å²) in [4.78, 5) is 23.4.